The Morgan fingerprint density at radius 1 is 1.32 bits per heavy atom. The van der Waals surface area contributed by atoms with E-state index in [0.29, 0.717) is 13.2 Å². The van der Waals surface area contributed by atoms with Crippen LogP contribution in [0, 0.1) is 6.92 Å². The van der Waals surface area contributed by atoms with Gasteiger partial charge in [0.2, 0.25) is 0 Å². The number of ether oxygens (including phenoxy) is 3. The molecule has 1 aromatic rings. The molecule has 3 rings (SSSR count). The van der Waals surface area contributed by atoms with Gasteiger partial charge in [-0.15, -0.1) is 0 Å². The van der Waals surface area contributed by atoms with E-state index in [1.807, 2.05) is 36.1 Å². The zero-order valence-corrected chi connectivity index (χ0v) is 13.2. The fourth-order valence-electron chi connectivity index (χ4n) is 3.34. The monoisotopic (exact) mass is 305 g/mol. The highest BCUT2D eigenvalue weighted by Gasteiger charge is 2.44. The molecular formula is C17H23NO4. The van der Waals surface area contributed by atoms with Crippen LogP contribution >= 0.6 is 0 Å². The molecule has 5 heteroatoms. The third kappa shape index (κ3) is 3.10. The van der Waals surface area contributed by atoms with Crippen molar-refractivity contribution in [3.8, 4) is 5.75 Å². The molecule has 0 bridgehead atoms. The van der Waals surface area contributed by atoms with Gasteiger partial charge in [0.25, 0.3) is 5.91 Å². The molecule has 1 aliphatic heterocycles. The number of carbonyl (C=O) groups excluding carboxylic acids is 1. The van der Waals surface area contributed by atoms with Gasteiger partial charge in [0.1, 0.15) is 11.9 Å². The second-order valence-electron chi connectivity index (χ2n) is 5.94. The lowest BCUT2D eigenvalue weighted by molar-refractivity contribution is -0.151. The number of morpholine rings is 1. The number of amides is 1. The average molecular weight is 305 g/mol. The first-order valence-electron chi connectivity index (χ1n) is 7.82. The van der Waals surface area contributed by atoms with E-state index in [0.717, 1.165) is 18.6 Å². The van der Waals surface area contributed by atoms with E-state index >= 15 is 0 Å². The molecule has 120 valence electrons. The zero-order chi connectivity index (χ0) is 15.5. The number of benzene rings is 1. The molecule has 1 saturated heterocycles. The smallest absolute Gasteiger partial charge is 0.260 e. The minimum atomic E-state index is 0.00192. The highest BCUT2D eigenvalue weighted by atomic mass is 16.5. The molecule has 2 aliphatic rings. The Bertz CT molecular complexity index is 516. The SMILES string of the molecule is CO[C@H]1CC[C@H]2[C@H]1OCCN2C(=O)COc1ccc(C)cc1. The molecule has 5 nitrogen and oxygen atoms in total. The molecule has 0 unspecified atom stereocenters. The highest BCUT2D eigenvalue weighted by molar-refractivity contribution is 5.78. The maximum atomic E-state index is 12.5. The first-order valence-corrected chi connectivity index (χ1v) is 7.82. The van der Waals surface area contributed by atoms with Gasteiger partial charge in [-0.2, -0.15) is 0 Å². The van der Waals surface area contributed by atoms with E-state index in [2.05, 4.69) is 0 Å². The topological polar surface area (TPSA) is 48.0 Å². The van der Waals surface area contributed by atoms with E-state index < -0.39 is 0 Å². The van der Waals surface area contributed by atoms with Crippen molar-refractivity contribution in [1.29, 1.82) is 0 Å². The van der Waals surface area contributed by atoms with Crippen LogP contribution in [0.5, 0.6) is 5.75 Å². The van der Waals surface area contributed by atoms with Crippen LogP contribution in [0.15, 0.2) is 24.3 Å². The Hall–Kier alpha value is -1.59. The van der Waals surface area contributed by atoms with E-state index in [-0.39, 0.29) is 30.8 Å². The first kappa shape index (κ1) is 15.3. The molecule has 1 amide bonds. The van der Waals surface area contributed by atoms with Crippen molar-refractivity contribution in [2.45, 2.75) is 38.0 Å². The number of nitrogens with zero attached hydrogens (tertiary/aromatic N) is 1. The van der Waals surface area contributed by atoms with Crippen LogP contribution in [0.4, 0.5) is 0 Å². The van der Waals surface area contributed by atoms with Crippen molar-refractivity contribution < 1.29 is 19.0 Å². The van der Waals surface area contributed by atoms with Crippen LogP contribution in [-0.2, 0) is 14.3 Å². The minimum absolute atomic E-state index is 0.00192. The van der Waals surface area contributed by atoms with Gasteiger partial charge in [0.15, 0.2) is 6.61 Å². The summed E-state index contributed by atoms with van der Waals surface area (Å²) in [6.07, 6.45) is 1.97. The molecule has 2 fully saturated rings. The quantitative estimate of drug-likeness (QED) is 0.851. The third-order valence-electron chi connectivity index (χ3n) is 4.54. The molecule has 22 heavy (non-hydrogen) atoms. The van der Waals surface area contributed by atoms with Crippen LogP contribution in [0.25, 0.3) is 0 Å². The lowest BCUT2D eigenvalue weighted by atomic mass is 10.1. The van der Waals surface area contributed by atoms with E-state index in [4.69, 9.17) is 14.2 Å². The van der Waals surface area contributed by atoms with Crippen LogP contribution in [0.2, 0.25) is 0 Å². The summed E-state index contributed by atoms with van der Waals surface area (Å²) in [5.41, 5.74) is 1.17. The lowest BCUT2D eigenvalue weighted by Gasteiger charge is -2.38. The minimum Gasteiger partial charge on any atom is -0.484 e. The van der Waals surface area contributed by atoms with Gasteiger partial charge >= 0.3 is 0 Å². The van der Waals surface area contributed by atoms with Gasteiger partial charge in [-0.05, 0) is 31.9 Å². The Morgan fingerprint density at radius 3 is 2.82 bits per heavy atom. The first-order chi connectivity index (χ1) is 10.7. The Balaban J connectivity index is 1.58. The molecule has 1 aliphatic carbocycles. The average Bonchev–Trinajstić information content (AvgIpc) is 2.97. The van der Waals surface area contributed by atoms with Crippen LogP contribution in [-0.4, -0.2) is 55.9 Å². The fraction of sp³-hybridized carbons (Fsp3) is 0.588. The van der Waals surface area contributed by atoms with Crippen molar-refractivity contribution in [3.05, 3.63) is 29.8 Å². The molecule has 0 N–H and O–H groups in total. The van der Waals surface area contributed by atoms with Crippen molar-refractivity contribution in [1.82, 2.24) is 4.90 Å². The van der Waals surface area contributed by atoms with Gasteiger partial charge in [-0.3, -0.25) is 4.79 Å². The number of rotatable bonds is 4. The van der Waals surface area contributed by atoms with Crippen molar-refractivity contribution >= 4 is 5.91 Å². The second-order valence-corrected chi connectivity index (χ2v) is 5.94. The van der Waals surface area contributed by atoms with Gasteiger partial charge in [-0.25, -0.2) is 0 Å². The zero-order valence-electron chi connectivity index (χ0n) is 13.2. The fourth-order valence-corrected chi connectivity index (χ4v) is 3.34. The summed E-state index contributed by atoms with van der Waals surface area (Å²) in [4.78, 5) is 14.4. The summed E-state index contributed by atoms with van der Waals surface area (Å²) in [6.45, 7) is 3.30. The molecule has 0 aromatic heterocycles. The normalized spacial score (nSPS) is 27.5. The maximum Gasteiger partial charge on any atom is 0.260 e. The summed E-state index contributed by atoms with van der Waals surface area (Å²) in [5.74, 6) is 0.751. The number of hydrogen-bond acceptors (Lipinski definition) is 4. The van der Waals surface area contributed by atoms with Gasteiger partial charge in [0, 0.05) is 13.7 Å². The number of hydrogen-bond donors (Lipinski definition) is 0. The van der Waals surface area contributed by atoms with Crippen LogP contribution in [0.3, 0.4) is 0 Å². The number of fused-ring (bicyclic) bond motifs is 1. The number of carbonyl (C=O) groups is 1. The standard InChI is InChI=1S/C17H23NO4/c1-12-3-5-13(6-4-12)22-11-16(19)18-9-10-21-17-14(18)7-8-15(17)20-2/h3-6,14-15,17H,7-11H2,1-2H3/t14-,15-,17+/m0/s1. The summed E-state index contributed by atoms with van der Waals surface area (Å²) >= 11 is 0. The second kappa shape index (κ2) is 6.67. The summed E-state index contributed by atoms with van der Waals surface area (Å²) < 4.78 is 16.9. The van der Waals surface area contributed by atoms with E-state index in [1.165, 1.54) is 5.56 Å². The maximum absolute atomic E-state index is 12.5. The van der Waals surface area contributed by atoms with Crippen LogP contribution in [0.1, 0.15) is 18.4 Å². The van der Waals surface area contributed by atoms with Gasteiger partial charge in [0.05, 0.1) is 18.8 Å². The Morgan fingerprint density at radius 2 is 2.09 bits per heavy atom. The van der Waals surface area contributed by atoms with Crippen LogP contribution < -0.4 is 4.74 Å². The molecule has 3 atom stereocenters. The van der Waals surface area contributed by atoms with Gasteiger partial charge < -0.3 is 19.1 Å². The molecule has 1 aromatic carbocycles. The number of methoxy groups -OCH3 is 1. The predicted octanol–water partition coefficient (Wildman–Crippen LogP) is 1.78. The van der Waals surface area contributed by atoms with Gasteiger partial charge in [-0.1, -0.05) is 17.7 Å². The van der Waals surface area contributed by atoms with Crippen molar-refractivity contribution in [2.24, 2.45) is 0 Å². The van der Waals surface area contributed by atoms with E-state index in [1.54, 1.807) is 7.11 Å². The summed E-state index contributed by atoms with van der Waals surface area (Å²) in [5, 5.41) is 0. The molecule has 1 saturated carbocycles. The molecule has 1 heterocycles. The van der Waals surface area contributed by atoms with E-state index in [9.17, 15) is 4.79 Å². The third-order valence-corrected chi connectivity index (χ3v) is 4.54. The van der Waals surface area contributed by atoms with Crippen molar-refractivity contribution in [2.75, 3.05) is 26.9 Å². The lowest BCUT2D eigenvalue weighted by Crippen LogP contribution is -2.54. The summed E-state index contributed by atoms with van der Waals surface area (Å²) in [7, 11) is 1.71. The molecule has 0 radical (unpaired) electrons. The Kier molecular flexibility index (Phi) is 4.64. The van der Waals surface area contributed by atoms with Crippen molar-refractivity contribution in [3.63, 3.8) is 0 Å². The molecule has 0 spiro atoms. The summed E-state index contributed by atoms with van der Waals surface area (Å²) in [6, 6.07) is 7.85. The predicted molar refractivity (Wildman–Crippen MR) is 81.9 cm³/mol. The number of aryl methyl sites for hydroxylation is 1. The highest BCUT2D eigenvalue weighted by Crippen LogP contribution is 2.31. The Labute approximate surface area is 131 Å². The largest absolute Gasteiger partial charge is 0.484 e. The molecular weight excluding hydrogens is 282 g/mol.